The third kappa shape index (κ3) is 3.74. The van der Waals surface area contributed by atoms with E-state index in [1.807, 2.05) is 18.2 Å². The van der Waals surface area contributed by atoms with Gasteiger partial charge in [-0.05, 0) is 30.0 Å². The molecule has 5 heteroatoms. The van der Waals surface area contributed by atoms with Crippen LogP contribution in [0.5, 0.6) is 11.6 Å². The highest BCUT2D eigenvalue weighted by atomic mass is 19.4. The average molecular weight is 295 g/mol. The number of hydrogen-bond acceptors (Lipinski definition) is 2. The van der Waals surface area contributed by atoms with Crippen molar-refractivity contribution in [1.82, 2.24) is 4.98 Å². The van der Waals surface area contributed by atoms with Crippen LogP contribution in [0.25, 0.3) is 0 Å². The molecule has 0 N–H and O–H groups in total. The topological polar surface area (TPSA) is 22.1 Å². The second-order valence-corrected chi connectivity index (χ2v) is 4.83. The van der Waals surface area contributed by atoms with Gasteiger partial charge >= 0.3 is 6.18 Å². The fourth-order valence-corrected chi connectivity index (χ4v) is 1.92. The van der Waals surface area contributed by atoms with E-state index < -0.39 is 11.7 Å². The Bertz CT molecular complexity index is 593. The van der Waals surface area contributed by atoms with E-state index in [2.05, 4.69) is 18.8 Å². The van der Waals surface area contributed by atoms with Gasteiger partial charge in [-0.25, -0.2) is 4.98 Å². The minimum Gasteiger partial charge on any atom is -0.439 e. The molecule has 0 aliphatic heterocycles. The normalized spacial score (nSPS) is 13.0. The van der Waals surface area contributed by atoms with Crippen molar-refractivity contribution in [2.24, 2.45) is 0 Å². The molecule has 0 amide bonds. The van der Waals surface area contributed by atoms with Gasteiger partial charge in [0.15, 0.2) is 0 Å². The number of aromatic nitrogens is 1. The van der Waals surface area contributed by atoms with Crippen LogP contribution in [0.15, 0.2) is 42.6 Å². The van der Waals surface area contributed by atoms with Crippen LogP contribution in [0.2, 0.25) is 0 Å². The number of ether oxygens (including phenoxy) is 1. The molecule has 0 saturated carbocycles. The van der Waals surface area contributed by atoms with Crippen LogP contribution in [0.4, 0.5) is 13.2 Å². The molecule has 0 spiro atoms. The lowest BCUT2D eigenvalue weighted by Gasteiger charge is -2.15. The zero-order valence-corrected chi connectivity index (χ0v) is 11.8. The first-order valence-electron chi connectivity index (χ1n) is 6.72. The number of benzene rings is 1. The molecule has 1 aromatic carbocycles. The van der Waals surface area contributed by atoms with Crippen LogP contribution in [0.1, 0.15) is 37.3 Å². The Hall–Kier alpha value is -2.04. The van der Waals surface area contributed by atoms with Gasteiger partial charge in [0.1, 0.15) is 5.75 Å². The number of para-hydroxylation sites is 1. The van der Waals surface area contributed by atoms with E-state index in [9.17, 15) is 13.2 Å². The monoisotopic (exact) mass is 295 g/mol. The van der Waals surface area contributed by atoms with Crippen molar-refractivity contribution in [3.8, 4) is 11.6 Å². The summed E-state index contributed by atoms with van der Waals surface area (Å²) >= 11 is 0. The summed E-state index contributed by atoms with van der Waals surface area (Å²) in [4.78, 5) is 3.72. The maximum atomic E-state index is 12.5. The van der Waals surface area contributed by atoms with E-state index in [0.29, 0.717) is 11.7 Å². The summed E-state index contributed by atoms with van der Waals surface area (Å²) in [6, 6.07) is 9.68. The summed E-state index contributed by atoms with van der Waals surface area (Å²) in [5.41, 5.74) is 0.228. The largest absolute Gasteiger partial charge is 0.439 e. The lowest BCUT2D eigenvalue weighted by molar-refractivity contribution is -0.137. The Morgan fingerprint density at radius 2 is 1.86 bits per heavy atom. The number of hydrogen-bond donors (Lipinski definition) is 0. The number of rotatable bonds is 4. The fraction of sp³-hybridized carbons (Fsp3) is 0.312. The molecule has 1 atom stereocenters. The smallest absolute Gasteiger partial charge is 0.417 e. The molecular weight excluding hydrogens is 279 g/mol. The minimum absolute atomic E-state index is 0.152. The van der Waals surface area contributed by atoms with Crippen LogP contribution in [0, 0.1) is 0 Å². The van der Waals surface area contributed by atoms with Gasteiger partial charge in [0.05, 0.1) is 5.56 Å². The van der Waals surface area contributed by atoms with Gasteiger partial charge in [0.2, 0.25) is 5.88 Å². The van der Waals surface area contributed by atoms with Gasteiger partial charge in [-0.15, -0.1) is 0 Å². The number of nitrogens with zero attached hydrogens (tertiary/aromatic N) is 1. The van der Waals surface area contributed by atoms with Crippen molar-refractivity contribution in [3.05, 3.63) is 53.7 Å². The summed E-state index contributed by atoms with van der Waals surface area (Å²) in [5, 5.41) is 0. The van der Waals surface area contributed by atoms with E-state index in [0.717, 1.165) is 24.2 Å². The highest BCUT2D eigenvalue weighted by Gasteiger charge is 2.30. The van der Waals surface area contributed by atoms with Gasteiger partial charge in [-0.1, -0.05) is 32.0 Å². The predicted octanol–water partition coefficient (Wildman–Crippen LogP) is 5.41. The molecule has 0 radical (unpaired) electrons. The third-order valence-corrected chi connectivity index (χ3v) is 3.34. The zero-order chi connectivity index (χ0) is 15.5. The number of alkyl halides is 3. The SMILES string of the molecule is CC[C@@H](C)c1ccccc1Oc1ccc(C(F)(F)F)cn1. The van der Waals surface area contributed by atoms with Crippen LogP contribution in [0.3, 0.4) is 0 Å². The van der Waals surface area contributed by atoms with Gasteiger partial charge in [0.25, 0.3) is 0 Å². The van der Waals surface area contributed by atoms with Crippen molar-refractivity contribution in [2.45, 2.75) is 32.4 Å². The van der Waals surface area contributed by atoms with Gasteiger partial charge in [-0.2, -0.15) is 13.2 Å². The number of halogens is 3. The third-order valence-electron chi connectivity index (χ3n) is 3.34. The van der Waals surface area contributed by atoms with Gasteiger partial charge in [0, 0.05) is 12.3 Å². The predicted molar refractivity (Wildman–Crippen MR) is 74.5 cm³/mol. The summed E-state index contributed by atoms with van der Waals surface area (Å²) in [5.74, 6) is 1.08. The van der Waals surface area contributed by atoms with Crippen molar-refractivity contribution < 1.29 is 17.9 Å². The molecule has 0 aliphatic rings. The molecule has 0 bridgehead atoms. The highest BCUT2D eigenvalue weighted by Crippen LogP contribution is 2.33. The molecule has 1 heterocycles. The van der Waals surface area contributed by atoms with Crippen LogP contribution in [-0.4, -0.2) is 4.98 Å². The molecule has 112 valence electrons. The average Bonchev–Trinajstić information content (AvgIpc) is 2.46. The van der Waals surface area contributed by atoms with Crippen LogP contribution < -0.4 is 4.74 Å². The molecule has 2 nitrogen and oxygen atoms in total. The highest BCUT2D eigenvalue weighted by molar-refractivity contribution is 5.38. The lowest BCUT2D eigenvalue weighted by atomic mass is 9.98. The molecule has 0 unspecified atom stereocenters. The quantitative estimate of drug-likeness (QED) is 0.752. The Morgan fingerprint density at radius 1 is 1.14 bits per heavy atom. The summed E-state index contributed by atoms with van der Waals surface area (Å²) in [7, 11) is 0. The number of pyridine rings is 1. The van der Waals surface area contributed by atoms with Crippen molar-refractivity contribution in [2.75, 3.05) is 0 Å². The maximum absolute atomic E-state index is 12.5. The van der Waals surface area contributed by atoms with Crippen molar-refractivity contribution >= 4 is 0 Å². The zero-order valence-electron chi connectivity index (χ0n) is 11.8. The molecule has 2 rings (SSSR count). The van der Waals surface area contributed by atoms with Gasteiger partial charge < -0.3 is 4.74 Å². The van der Waals surface area contributed by atoms with Crippen LogP contribution in [-0.2, 0) is 6.18 Å². The first-order chi connectivity index (χ1) is 9.91. The molecule has 2 aromatic rings. The van der Waals surface area contributed by atoms with E-state index in [4.69, 9.17) is 4.74 Å². The summed E-state index contributed by atoms with van der Waals surface area (Å²) in [6.45, 7) is 4.14. The van der Waals surface area contributed by atoms with E-state index in [1.54, 1.807) is 6.07 Å². The molecule has 21 heavy (non-hydrogen) atoms. The minimum atomic E-state index is -4.39. The van der Waals surface area contributed by atoms with Gasteiger partial charge in [-0.3, -0.25) is 0 Å². The second kappa shape index (κ2) is 6.16. The summed E-state index contributed by atoms with van der Waals surface area (Å²) < 4.78 is 43.1. The van der Waals surface area contributed by atoms with E-state index in [-0.39, 0.29) is 5.88 Å². The first-order valence-corrected chi connectivity index (χ1v) is 6.72. The maximum Gasteiger partial charge on any atom is 0.417 e. The standard InChI is InChI=1S/C16H16F3NO/c1-3-11(2)13-6-4-5-7-14(13)21-15-9-8-12(10-20-15)16(17,18)19/h4-11H,3H2,1-2H3/t11-/m1/s1. The first kappa shape index (κ1) is 15.4. The fourth-order valence-electron chi connectivity index (χ4n) is 1.92. The Balaban J connectivity index is 2.23. The lowest BCUT2D eigenvalue weighted by Crippen LogP contribution is -2.05. The van der Waals surface area contributed by atoms with Crippen molar-refractivity contribution in [1.29, 1.82) is 0 Å². The van der Waals surface area contributed by atoms with E-state index >= 15 is 0 Å². The molecule has 0 saturated heterocycles. The van der Waals surface area contributed by atoms with Crippen LogP contribution >= 0.6 is 0 Å². The Kier molecular flexibility index (Phi) is 4.50. The van der Waals surface area contributed by atoms with Crippen molar-refractivity contribution in [3.63, 3.8) is 0 Å². The molecular formula is C16H16F3NO. The molecule has 0 fully saturated rings. The molecule has 0 aliphatic carbocycles. The second-order valence-electron chi connectivity index (χ2n) is 4.83. The summed E-state index contributed by atoms with van der Waals surface area (Å²) in [6.07, 6.45) is -2.66. The van der Waals surface area contributed by atoms with E-state index in [1.165, 1.54) is 6.07 Å². The Labute approximate surface area is 121 Å². The Morgan fingerprint density at radius 3 is 2.43 bits per heavy atom. The molecule has 1 aromatic heterocycles.